The molecule has 0 saturated carbocycles. The lowest BCUT2D eigenvalue weighted by Crippen LogP contribution is -2.40. The van der Waals surface area contributed by atoms with Crippen molar-refractivity contribution in [3.05, 3.63) is 29.7 Å². The summed E-state index contributed by atoms with van der Waals surface area (Å²) in [5, 5.41) is 8.19. The Bertz CT molecular complexity index is 666. The van der Waals surface area contributed by atoms with Crippen molar-refractivity contribution in [3.63, 3.8) is 0 Å². The highest BCUT2D eigenvalue weighted by Crippen LogP contribution is 2.26. The van der Waals surface area contributed by atoms with E-state index in [-0.39, 0.29) is 11.8 Å². The maximum Gasteiger partial charge on any atom is 0.272 e. The van der Waals surface area contributed by atoms with Gasteiger partial charge < -0.3 is 14.2 Å². The van der Waals surface area contributed by atoms with Gasteiger partial charge in [-0.25, -0.2) is 0 Å². The molecule has 124 valence electrons. The summed E-state index contributed by atoms with van der Waals surface area (Å²) in [6.45, 7) is 4.29. The van der Waals surface area contributed by atoms with E-state index in [1.807, 2.05) is 11.8 Å². The average molecular weight is 319 g/mol. The molecule has 2 aromatic rings. The Morgan fingerprint density at radius 1 is 1.52 bits per heavy atom. The summed E-state index contributed by atoms with van der Waals surface area (Å²) in [6, 6.07) is 1.76. The zero-order valence-electron chi connectivity index (χ0n) is 13.4. The SMILES string of the molecule is CCn1nccc1C(=O)N1CCCC(c2noc(COC)n2)C1. The lowest BCUT2D eigenvalue weighted by atomic mass is 9.97. The second kappa shape index (κ2) is 6.91. The van der Waals surface area contributed by atoms with E-state index < -0.39 is 0 Å². The number of rotatable bonds is 5. The zero-order valence-corrected chi connectivity index (χ0v) is 13.4. The molecule has 3 rings (SSSR count). The molecule has 8 nitrogen and oxygen atoms in total. The molecule has 0 aliphatic carbocycles. The quantitative estimate of drug-likeness (QED) is 0.829. The second-order valence-electron chi connectivity index (χ2n) is 5.60. The Morgan fingerprint density at radius 3 is 3.17 bits per heavy atom. The van der Waals surface area contributed by atoms with Crippen molar-refractivity contribution in [1.29, 1.82) is 0 Å². The molecule has 3 heterocycles. The number of aryl methyl sites for hydroxylation is 1. The van der Waals surface area contributed by atoms with Gasteiger partial charge in [0, 0.05) is 38.9 Å². The molecule has 1 fully saturated rings. The number of carbonyl (C=O) groups is 1. The van der Waals surface area contributed by atoms with E-state index in [4.69, 9.17) is 9.26 Å². The molecule has 0 radical (unpaired) electrons. The van der Waals surface area contributed by atoms with Crippen LogP contribution in [0.15, 0.2) is 16.8 Å². The van der Waals surface area contributed by atoms with Crippen LogP contribution in [-0.4, -0.2) is 50.9 Å². The summed E-state index contributed by atoms with van der Waals surface area (Å²) in [6.07, 6.45) is 3.53. The van der Waals surface area contributed by atoms with Crippen molar-refractivity contribution in [1.82, 2.24) is 24.8 Å². The molecule has 0 N–H and O–H groups in total. The molecular weight excluding hydrogens is 298 g/mol. The van der Waals surface area contributed by atoms with Crippen LogP contribution in [-0.2, 0) is 17.9 Å². The number of likely N-dealkylation sites (tertiary alicyclic amines) is 1. The van der Waals surface area contributed by atoms with Crippen molar-refractivity contribution in [2.75, 3.05) is 20.2 Å². The van der Waals surface area contributed by atoms with Crippen molar-refractivity contribution in [3.8, 4) is 0 Å². The number of piperidine rings is 1. The van der Waals surface area contributed by atoms with Crippen LogP contribution in [0.2, 0.25) is 0 Å². The Kier molecular flexibility index (Phi) is 4.71. The normalized spacial score (nSPS) is 18.3. The minimum absolute atomic E-state index is 0.00894. The molecule has 1 unspecified atom stereocenters. The third kappa shape index (κ3) is 3.26. The standard InChI is InChI=1S/C15H21N5O3/c1-3-20-12(6-7-16-20)15(21)19-8-4-5-11(9-19)14-17-13(10-22-2)23-18-14/h6-7,11H,3-5,8-10H2,1-2H3. The van der Waals surface area contributed by atoms with Crippen LogP contribution in [0.5, 0.6) is 0 Å². The van der Waals surface area contributed by atoms with E-state index in [0.29, 0.717) is 37.1 Å². The minimum Gasteiger partial charge on any atom is -0.375 e. The Balaban J connectivity index is 1.71. The van der Waals surface area contributed by atoms with Crippen LogP contribution >= 0.6 is 0 Å². The largest absolute Gasteiger partial charge is 0.375 e. The number of aromatic nitrogens is 4. The fourth-order valence-electron chi connectivity index (χ4n) is 2.92. The van der Waals surface area contributed by atoms with Gasteiger partial charge in [0.05, 0.1) is 0 Å². The van der Waals surface area contributed by atoms with Gasteiger partial charge in [-0.2, -0.15) is 10.1 Å². The fraction of sp³-hybridized carbons (Fsp3) is 0.600. The number of hydrogen-bond acceptors (Lipinski definition) is 6. The van der Waals surface area contributed by atoms with Crippen LogP contribution in [0.4, 0.5) is 0 Å². The zero-order chi connectivity index (χ0) is 16.2. The molecule has 0 spiro atoms. The predicted octanol–water partition coefficient (Wildman–Crippen LogP) is 1.45. The van der Waals surface area contributed by atoms with E-state index in [2.05, 4.69) is 15.2 Å². The van der Waals surface area contributed by atoms with Gasteiger partial charge in [-0.3, -0.25) is 9.48 Å². The van der Waals surface area contributed by atoms with Crippen molar-refractivity contribution < 1.29 is 14.1 Å². The van der Waals surface area contributed by atoms with Crippen LogP contribution in [0.1, 0.15) is 47.9 Å². The van der Waals surface area contributed by atoms with Gasteiger partial charge in [0.25, 0.3) is 11.8 Å². The third-order valence-electron chi connectivity index (χ3n) is 4.06. The molecule has 23 heavy (non-hydrogen) atoms. The minimum atomic E-state index is 0.00894. The summed E-state index contributed by atoms with van der Waals surface area (Å²) in [5.41, 5.74) is 0.626. The van der Waals surface area contributed by atoms with Crippen LogP contribution in [0.3, 0.4) is 0 Å². The first-order chi connectivity index (χ1) is 11.2. The fourth-order valence-corrected chi connectivity index (χ4v) is 2.92. The summed E-state index contributed by atoms with van der Waals surface area (Å²) >= 11 is 0. The molecule has 1 aliphatic rings. The van der Waals surface area contributed by atoms with Crippen LogP contribution in [0.25, 0.3) is 0 Å². The number of ether oxygens (including phenoxy) is 1. The molecule has 1 aliphatic heterocycles. The van der Waals surface area contributed by atoms with E-state index in [9.17, 15) is 4.79 Å². The Labute approximate surface area is 134 Å². The predicted molar refractivity (Wildman–Crippen MR) is 80.8 cm³/mol. The first-order valence-corrected chi connectivity index (χ1v) is 7.85. The molecule has 1 amide bonds. The summed E-state index contributed by atoms with van der Waals surface area (Å²) in [5.74, 6) is 1.23. The summed E-state index contributed by atoms with van der Waals surface area (Å²) in [7, 11) is 1.59. The molecule has 0 bridgehead atoms. The summed E-state index contributed by atoms with van der Waals surface area (Å²) in [4.78, 5) is 18.9. The third-order valence-corrected chi connectivity index (χ3v) is 4.06. The average Bonchev–Trinajstić information content (AvgIpc) is 3.23. The maximum absolute atomic E-state index is 12.7. The van der Waals surface area contributed by atoms with Gasteiger partial charge in [-0.15, -0.1) is 0 Å². The number of hydrogen-bond donors (Lipinski definition) is 0. The van der Waals surface area contributed by atoms with E-state index in [1.165, 1.54) is 0 Å². The maximum atomic E-state index is 12.7. The van der Waals surface area contributed by atoms with Crippen LogP contribution in [0, 0.1) is 0 Å². The Hall–Kier alpha value is -2.22. The van der Waals surface area contributed by atoms with Gasteiger partial charge in [-0.1, -0.05) is 5.16 Å². The van der Waals surface area contributed by atoms with E-state index >= 15 is 0 Å². The smallest absolute Gasteiger partial charge is 0.272 e. The van der Waals surface area contributed by atoms with Gasteiger partial charge in [0.1, 0.15) is 12.3 Å². The van der Waals surface area contributed by atoms with Crippen molar-refractivity contribution >= 4 is 5.91 Å². The first kappa shape index (κ1) is 15.7. The summed E-state index contributed by atoms with van der Waals surface area (Å²) < 4.78 is 11.9. The van der Waals surface area contributed by atoms with Gasteiger partial charge >= 0.3 is 0 Å². The molecule has 1 saturated heterocycles. The highest BCUT2D eigenvalue weighted by Gasteiger charge is 2.29. The number of carbonyl (C=O) groups excluding carboxylic acids is 1. The van der Waals surface area contributed by atoms with Crippen molar-refractivity contribution in [2.24, 2.45) is 0 Å². The Morgan fingerprint density at radius 2 is 2.39 bits per heavy atom. The molecular formula is C15H21N5O3. The number of methoxy groups -OCH3 is 1. The number of nitrogens with zero attached hydrogens (tertiary/aromatic N) is 5. The lowest BCUT2D eigenvalue weighted by molar-refractivity contribution is 0.0691. The highest BCUT2D eigenvalue weighted by molar-refractivity contribution is 5.92. The molecule has 2 aromatic heterocycles. The second-order valence-corrected chi connectivity index (χ2v) is 5.60. The molecule has 1 atom stereocenters. The number of amides is 1. The van der Waals surface area contributed by atoms with E-state index in [1.54, 1.807) is 24.1 Å². The van der Waals surface area contributed by atoms with E-state index in [0.717, 1.165) is 19.4 Å². The highest BCUT2D eigenvalue weighted by atomic mass is 16.5. The van der Waals surface area contributed by atoms with Gasteiger partial charge in [0.2, 0.25) is 0 Å². The van der Waals surface area contributed by atoms with Crippen molar-refractivity contribution in [2.45, 2.75) is 38.8 Å². The molecule has 8 heteroatoms. The first-order valence-electron chi connectivity index (χ1n) is 7.85. The van der Waals surface area contributed by atoms with Gasteiger partial charge in [0.15, 0.2) is 5.82 Å². The topological polar surface area (TPSA) is 86.3 Å². The van der Waals surface area contributed by atoms with Gasteiger partial charge in [-0.05, 0) is 25.8 Å². The monoisotopic (exact) mass is 319 g/mol. The molecule has 0 aromatic carbocycles. The van der Waals surface area contributed by atoms with Crippen LogP contribution < -0.4 is 0 Å². The lowest BCUT2D eigenvalue weighted by Gasteiger charge is -2.31.